The van der Waals surface area contributed by atoms with Gasteiger partial charge in [0, 0.05) is 16.7 Å². The number of allylic oxidation sites excluding steroid dienone is 6. The van der Waals surface area contributed by atoms with Crippen molar-refractivity contribution in [3.05, 3.63) is 34.9 Å². The Bertz CT molecular complexity index is 485. The molecule has 0 heterocycles. The molecule has 0 atom stereocenters. The molecule has 0 bridgehead atoms. The summed E-state index contributed by atoms with van der Waals surface area (Å²) in [6.45, 7) is 0. The van der Waals surface area contributed by atoms with Gasteiger partial charge < -0.3 is 0 Å². The molecule has 0 spiro atoms. The van der Waals surface area contributed by atoms with Gasteiger partial charge in [0.1, 0.15) is 0 Å². The summed E-state index contributed by atoms with van der Waals surface area (Å²) in [6, 6.07) is 0. The van der Waals surface area contributed by atoms with Gasteiger partial charge in [0.25, 0.3) is 0 Å². The minimum absolute atomic E-state index is 0.0783. The van der Waals surface area contributed by atoms with Crippen molar-refractivity contribution < 1.29 is 9.59 Å². The Hall–Kier alpha value is -1.44. The van der Waals surface area contributed by atoms with Crippen LogP contribution in [0, 0.1) is 5.92 Å². The van der Waals surface area contributed by atoms with Crippen molar-refractivity contribution in [1.29, 1.82) is 0 Å². The molecule has 0 saturated heterocycles. The molecule has 1 fully saturated rings. The fourth-order valence-electron chi connectivity index (χ4n) is 3.31. The number of rotatable bonds is 1. The molecule has 0 unspecified atom stereocenters. The monoisotopic (exact) mass is 242 g/mol. The van der Waals surface area contributed by atoms with E-state index in [1.807, 2.05) is 12.2 Å². The first-order valence-electron chi connectivity index (χ1n) is 6.95. The first-order chi connectivity index (χ1) is 8.77. The molecular formula is C16H18O2. The lowest BCUT2D eigenvalue weighted by Crippen LogP contribution is -2.25. The van der Waals surface area contributed by atoms with Crippen molar-refractivity contribution in [2.24, 2.45) is 5.92 Å². The minimum Gasteiger partial charge on any atom is -0.290 e. The quantitative estimate of drug-likeness (QED) is 0.522. The lowest BCUT2D eigenvalue weighted by atomic mass is 9.75. The second kappa shape index (κ2) is 4.68. The molecule has 3 aliphatic rings. The van der Waals surface area contributed by atoms with Crippen LogP contribution in [0.25, 0.3) is 0 Å². The van der Waals surface area contributed by atoms with E-state index in [1.54, 1.807) is 6.08 Å². The lowest BCUT2D eigenvalue weighted by Gasteiger charge is -2.27. The Kier molecular flexibility index (Phi) is 3.02. The van der Waals surface area contributed by atoms with E-state index in [1.165, 1.54) is 19.3 Å². The van der Waals surface area contributed by atoms with Crippen LogP contribution in [0.5, 0.6) is 0 Å². The van der Waals surface area contributed by atoms with Gasteiger partial charge in [-0.15, -0.1) is 0 Å². The van der Waals surface area contributed by atoms with E-state index >= 15 is 0 Å². The second-order valence-electron chi connectivity index (χ2n) is 5.46. The van der Waals surface area contributed by atoms with Crippen molar-refractivity contribution in [3.8, 4) is 0 Å². The third kappa shape index (κ3) is 1.90. The summed E-state index contributed by atoms with van der Waals surface area (Å²) in [6.07, 6.45) is 12.7. The summed E-state index contributed by atoms with van der Waals surface area (Å²) < 4.78 is 0. The summed E-state index contributed by atoms with van der Waals surface area (Å²) in [5.41, 5.74) is 2.31. The number of carbonyl (C=O) groups is 2. The number of ketones is 2. The van der Waals surface area contributed by atoms with Crippen LogP contribution in [0.4, 0.5) is 0 Å². The van der Waals surface area contributed by atoms with Crippen molar-refractivity contribution in [2.75, 3.05) is 0 Å². The zero-order chi connectivity index (χ0) is 12.5. The highest BCUT2D eigenvalue weighted by molar-refractivity contribution is 6.23. The molecule has 1 saturated carbocycles. The van der Waals surface area contributed by atoms with Gasteiger partial charge in [-0.3, -0.25) is 9.59 Å². The smallest absolute Gasteiger partial charge is 0.186 e. The summed E-state index contributed by atoms with van der Waals surface area (Å²) >= 11 is 0. The number of carbonyl (C=O) groups excluding carboxylic acids is 2. The van der Waals surface area contributed by atoms with E-state index in [-0.39, 0.29) is 11.6 Å². The third-order valence-corrected chi connectivity index (χ3v) is 4.34. The Balaban J connectivity index is 1.89. The maximum Gasteiger partial charge on any atom is 0.186 e. The molecule has 0 radical (unpaired) electrons. The van der Waals surface area contributed by atoms with E-state index in [2.05, 4.69) is 0 Å². The summed E-state index contributed by atoms with van der Waals surface area (Å²) in [7, 11) is 0. The van der Waals surface area contributed by atoms with Crippen LogP contribution in [-0.4, -0.2) is 11.6 Å². The van der Waals surface area contributed by atoms with Crippen LogP contribution in [0.15, 0.2) is 34.9 Å². The van der Waals surface area contributed by atoms with Crippen LogP contribution in [-0.2, 0) is 9.59 Å². The molecule has 18 heavy (non-hydrogen) atoms. The molecule has 0 aliphatic heterocycles. The Labute approximate surface area is 107 Å². The molecular weight excluding hydrogens is 224 g/mol. The predicted octanol–water partition coefficient (Wildman–Crippen LogP) is 3.29. The van der Waals surface area contributed by atoms with Gasteiger partial charge in [0.15, 0.2) is 11.6 Å². The number of hydrogen-bond donors (Lipinski definition) is 0. The highest BCUT2D eigenvalue weighted by Crippen LogP contribution is 2.36. The van der Waals surface area contributed by atoms with E-state index in [0.29, 0.717) is 18.8 Å². The van der Waals surface area contributed by atoms with Crippen molar-refractivity contribution in [1.82, 2.24) is 0 Å². The summed E-state index contributed by atoms with van der Waals surface area (Å²) in [4.78, 5) is 24.6. The van der Waals surface area contributed by atoms with Gasteiger partial charge in [0.05, 0.1) is 0 Å². The topological polar surface area (TPSA) is 34.1 Å². The number of Topliss-reactive ketones (excluding diaryl/α,β-unsaturated/α-hetero) is 1. The van der Waals surface area contributed by atoms with Crippen LogP contribution in [0.3, 0.4) is 0 Å². The summed E-state index contributed by atoms with van der Waals surface area (Å²) in [5.74, 6) is 0.561. The molecule has 2 nitrogen and oxygen atoms in total. The SMILES string of the molecule is O=C1C=C(C2CCCCC2)C(=O)C2=C1CC=CC2. The van der Waals surface area contributed by atoms with E-state index in [0.717, 1.165) is 29.6 Å². The third-order valence-electron chi connectivity index (χ3n) is 4.34. The van der Waals surface area contributed by atoms with E-state index in [9.17, 15) is 9.59 Å². The molecule has 0 amide bonds. The lowest BCUT2D eigenvalue weighted by molar-refractivity contribution is -0.116. The average molecular weight is 242 g/mol. The van der Waals surface area contributed by atoms with Crippen LogP contribution >= 0.6 is 0 Å². The van der Waals surface area contributed by atoms with Gasteiger partial charge in [0.2, 0.25) is 0 Å². The van der Waals surface area contributed by atoms with Crippen molar-refractivity contribution in [2.45, 2.75) is 44.9 Å². The zero-order valence-electron chi connectivity index (χ0n) is 10.6. The fraction of sp³-hybridized carbons (Fsp3) is 0.500. The van der Waals surface area contributed by atoms with Gasteiger partial charge in [-0.2, -0.15) is 0 Å². The van der Waals surface area contributed by atoms with Crippen LogP contribution in [0.2, 0.25) is 0 Å². The molecule has 94 valence electrons. The van der Waals surface area contributed by atoms with Crippen LogP contribution < -0.4 is 0 Å². The molecule has 0 aromatic heterocycles. The largest absolute Gasteiger partial charge is 0.290 e. The standard InChI is InChI=1S/C16H18O2/c17-15-10-14(11-6-2-1-3-7-11)16(18)13-9-5-4-8-12(13)15/h4-5,10-11H,1-3,6-9H2. The Morgan fingerprint density at radius 3 is 2.28 bits per heavy atom. The minimum atomic E-state index is 0.0783. The van der Waals surface area contributed by atoms with Gasteiger partial charge in [-0.05, 0) is 37.7 Å². The molecule has 3 aliphatic carbocycles. The summed E-state index contributed by atoms with van der Waals surface area (Å²) in [5, 5.41) is 0. The highest BCUT2D eigenvalue weighted by Gasteiger charge is 2.32. The van der Waals surface area contributed by atoms with Crippen molar-refractivity contribution >= 4 is 11.6 Å². The Morgan fingerprint density at radius 1 is 0.889 bits per heavy atom. The van der Waals surface area contributed by atoms with Gasteiger partial charge in [-0.1, -0.05) is 31.4 Å². The predicted molar refractivity (Wildman–Crippen MR) is 70.1 cm³/mol. The first kappa shape index (κ1) is 11.6. The average Bonchev–Trinajstić information content (AvgIpc) is 2.44. The van der Waals surface area contributed by atoms with E-state index < -0.39 is 0 Å². The van der Waals surface area contributed by atoms with Gasteiger partial charge >= 0.3 is 0 Å². The first-order valence-corrected chi connectivity index (χ1v) is 6.95. The normalized spacial score (nSPS) is 25.2. The Morgan fingerprint density at radius 2 is 1.56 bits per heavy atom. The maximum absolute atomic E-state index is 12.5. The van der Waals surface area contributed by atoms with Crippen molar-refractivity contribution in [3.63, 3.8) is 0 Å². The molecule has 2 heteroatoms. The number of hydrogen-bond acceptors (Lipinski definition) is 2. The van der Waals surface area contributed by atoms with Crippen LogP contribution in [0.1, 0.15) is 44.9 Å². The molecule has 0 aromatic carbocycles. The fourth-order valence-corrected chi connectivity index (χ4v) is 3.31. The van der Waals surface area contributed by atoms with Gasteiger partial charge in [-0.25, -0.2) is 0 Å². The molecule has 3 rings (SSSR count). The zero-order valence-corrected chi connectivity index (χ0v) is 10.6. The molecule has 0 N–H and O–H groups in total. The van der Waals surface area contributed by atoms with E-state index in [4.69, 9.17) is 0 Å². The molecule has 0 aromatic rings. The second-order valence-corrected chi connectivity index (χ2v) is 5.46. The highest BCUT2D eigenvalue weighted by atomic mass is 16.1. The maximum atomic E-state index is 12.5.